The summed E-state index contributed by atoms with van der Waals surface area (Å²) < 4.78 is 13.0. The summed E-state index contributed by atoms with van der Waals surface area (Å²) in [5.74, 6) is 0.411. The summed E-state index contributed by atoms with van der Waals surface area (Å²) in [6.45, 7) is 0. The van der Waals surface area contributed by atoms with Gasteiger partial charge in [0.15, 0.2) is 0 Å². The van der Waals surface area contributed by atoms with E-state index in [0.717, 1.165) is 43.2 Å². The Labute approximate surface area is 112 Å². The molecule has 0 unspecified atom stereocenters. The molecule has 0 saturated carbocycles. The molecule has 4 heteroatoms. The maximum atomic E-state index is 13.0. The highest BCUT2D eigenvalue weighted by Crippen LogP contribution is 2.31. The van der Waals surface area contributed by atoms with Gasteiger partial charge in [0.25, 0.3) is 0 Å². The molecule has 1 aliphatic heterocycles. The second kappa shape index (κ2) is 4.68. The van der Waals surface area contributed by atoms with E-state index in [0.29, 0.717) is 5.84 Å². The lowest BCUT2D eigenvalue weighted by Gasteiger charge is -2.33. The number of fused-ring (bicyclic) bond motifs is 1. The molecular formula is C15H18FN3. The molecule has 2 bridgehead atoms. The molecule has 3 rings (SSSR count). The minimum atomic E-state index is -0.197. The molecular weight excluding hydrogens is 241 g/mol. The summed E-state index contributed by atoms with van der Waals surface area (Å²) in [6, 6.07) is 6.69. The third-order valence-corrected chi connectivity index (χ3v) is 3.93. The molecule has 1 aromatic rings. The number of halogens is 1. The number of nitrogens with one attached hydrogen (secondary N) is 1. The molecule has 1 atom stereocenters. The van der Waals surface area contributed by atoms with Crippen LogP contribution in [0, 0.1) is 5.82 Å². The monoisotopic (exact) mass is 259 g/mol. The molecule has 0 amide bonds. The van der Waals surface area contributed by atoms with Crippen LogP contribution in [0.3, 0.4) is 0 Å². The number of hydrazone groups is 1. The molecule has 19 heavy (non-hydrogen) atoms. The molecule has 1 aromatic carbocycles. The quantitative estimate of drug-likeness (QED) is 0.857. The minimum absolute atomic E-state index is 0.160. The Balaban J connectivity index is 1.87. The fraction of sp³-hybridized carbons (Fsp3) is 0.400. The molecule has 2 aliphatic rings. The van der Waals surface area contributed by atoms with E-state index in [1.165, 1.54) is 12.1 Å². The van der Waals surface area contributed by atoms with Crippen molar-refractivity contribution < 1.29 is 4.39 Å². The van der Waals surface area contributed by atoms with E-state index in [9.17, 15) is 4.39 Å². The Morgan fingerprint density at radius 3 is 2.84 bits per heavy atom. The SMILES string of the molecule is NC1=NN[C@@]2(Cc3ccc(F)cc3)C=C1CCCC2. The molecule has 0 spiro atoms. The van der Waals surface area contributed by atoms with Crippen LogP contribution in [0.4, 0.5) is 4.39 Å². The van der Waals surface area contributed by atoms with E-state index >= 15 is 0 Å². The summed E-state index contributed by atoms with van der Waals surface area (Å²) in [4.78, 5) is 0. The lowest BCUT2D eigenvalue weighted by molar-refractivity contribution is 0.372. The molecule has 3 nitrogen and oxygen atoms in total. The summed E-state index contributed by atoms with van der Waals surface area (Å²) in [7, 11) is 0. The van der Waals surface area contributed by atoms with Gasteiger partial charge in [-0.2, -0.15) is 5.10 Å². The topological polar surface area (TPSA) is 50.4 Å². The van der Waals surface area contributed by atoms with Crippen LogP contribution in [0.15, 0.2) is 41.0 Å². The van der Waals surface area contributed by atoms with Crippen molar-refractivity contribution >= 4 is 5.84 Å². The van der Waals surface area contributed by atoms with Crippen molar-refractivity contribution in [1.82, 2.24) is 5.43 Å². The number of nitrogens with two attached hydrogens (primary N) is 1. The normalized spacial score (nSPS) is 25.9. The zero-order valence-corrected chi connectivity index (χ0v) is 10.8. The van der Waals surface area contributed by atoms with Crippen molar-refractivity contribution in [2.75, 3.05) is 0 Å². The Morgan fingerprint density at radius 1 is 1.26 bits per heavy atom. The average molecular weight is 259 g/mol. The van der Waals surface area contributed by atoms with E-state index in [-0.39, 0.29) is 11.4 Å². The maximum absolute atomic E-state index is 13.0. The van der Waals surface area contributed by atoms with Gasteiger partial charge in [-0.05, 0) is 42.5 Å². The van der Waals surface area contributed by atoms with Crippen molar-refractivity contribution in [3.8, 4) is 0 Å². The van der Waals surface area contributed by atoms with Crippen LogP contribution >= 0.6 is 0 Å². The minimum Gasteiger partial charge on any atom is -0.382 e. The van der Waals surface area contributed by atoms with Crippen molar-refractivity contribution in [2.24, 2.45) is 10.8 Å². The van der Waals surface area contributed by atoms with Crippen LogP contribution in [0.2, 0.25) is 0 Å². The second-order valence-electron chi connectivity index (χ2n) is 5.44. The van der Waals surface area contributed by atoms with Crippen molar-refractivity contribution in [2.45, 2.75) is 37.6 Å². The average Bonchev–Trinajstić information content (AvgIpc) is 2.58. The smallest absolute Gasteiger partial charge is 0.146 e. The highest BCUT2D eigenvalue weighted by atomic mass is 19.1. The van der Waals surface area contributed by atoms with Crippen LogP contribution in [0.5, 0.6) is 0 Å². The first-order chi connectivity index (χ1) is 9.17. The van der Waals surface area contributed by atoms with Crippen LogP contribution < -0.4 is 11.2 Å². The predicted molar refractivity (Wildman–Crippen MR) is 74.1 cm³/mol. The highest BCUT2D eigenvalue weighted by molar-refractivity contribution is 5.97. The first-order valence-electron chi connectivity index (χ1n) is 6.74. The Hall–Kier alpha value is -1.84. The largest absolute Gasteiger partial charge is 0.382 e. The molecule has 0 saturated heterocycles. The molecule has 0 radical (unpaired) electrons. The first-order valence-corrected chi connectivity index (χ1v) is 6.74. The van der Waals surface area contributed by atoms with Gasteiger partial charge >= 0.3 is 0 Å². The van der Waals surface area contributed by atoms with Gasteiger partial charge in [-0.25, -0.2) is 4.39 Å². The summed E-state index contributed by atoms with van der Waals surface area (Å²) in [5, 5.41) is 4.26. The van der Waals surface area contributed by atoms with Crippen molar-refractivity contribution in [1.29, 1.82) is 0 Å². The van der Waals surface area contributed by atoms with E-state index in [1.807, 2.05) is 12.1 Å². The molecule has 100 valence electrons. The molecule has 0 fully saturated rings. The Morgan fingerprint density at radius 2 is 2.05 bits per heavy atom. The Kier molecular flexibility index (Phi) is 3.01. The fourth-order valence-electron chi connectivity index (χ4n) is 2.91. The lowest BCUT2D eigenvalue weighted by Crippen LogP contribution is -2.46. The van der Waals surface area contributed by atoms with Gasteiger partial charge in [-0.3, -0.25) is 5.43 Å². The summed E-state index contributed by atoms with van der Waals surface area (Å²) in [5.41, 5.74) is 11.2. The van der Waals surface area contributed by atoms with Crippen molar-refractivity contribution in [3.05, 3.63) is 47.3 Å². The number of amidine groups is 1. The third kappa shape index (κ3) is 2.48. The van der Waals surface area contributed by atoms with Gasteiger partial charge in [0.05, 0.1) is 5.54 Å². The van der Waals surface area contributed by atoms with Gasteiger partial charge in [0.1, 0.15) is 11.7 Å². The van der Waals surface area contributed by atoms with Gasteiger partial charge in [-0.1, -0.05) is 24.6 Å². The lowest BCUT2D eigenvalue weighted by atomic mass is 9.86. The zero-order chi connectivity index (χ0) is 13.3. The van der Waals surface area contributed by atoms with Crippen LogP contribution in [0.1, 0.15) is 31.2 Å². The van der Waals surface area contributed by atoms with Crippen molar-refractivity contribution in [3.63, 3.8) is 0 Å². The molecule has 1 aliphatic carbocycles. The van der Waals surface area contributed by atoms with Crippen LogP contribution in [0.25, 0.3) is 0 Å². The molecule has 0 aromatic heterocycles. The molecule has 3 N–H and O–H groups in total. The number of hydrogen-bond acceptors (Lipinski definition) is 3. The second-order valence-corrected chi connectivity index (χ2v) is 5.44. The number of hydrogen-bond donors (Lipinski definition) is 2. The van der Waals surface area contributed by atoms with Gasteiger partial charge < -0.3 is 5.73 Å². The maximum Gasteiger partial charge on any atom is 0.146 e. The zero-order valence-electron chi connectivity index (χ0n) is 10.8. The van der Waals surface area contributed by atoms with E-state index in [4.69, 9.17) is 5.73 Å². The van der Waals surface area contributed by atoms with Gasteiger partial charge in [0, 0.05) is 6.42 Å². The van der Waals surface area contributed by atoms with E-state index in [2.05, 4.69) is 16.6 Å². The van der Waals surface area contributed by atoms with Gasteiger partial charge in [0.2, 0.25) is 0 Å². The standard InChI is InChI=1S/C15H18FN3/c16-13-6-4-11(5-7-13)9-15-8-2-1-3-12(10-15)14(17)18-19-15/h4-7,10,19H,1-3,8-9H2,(H2,17,18)/t15-/m0/s1. The van der Waals surface area contributed by atoms with E-state index < -0.39 is 0 Å². The molecule has 1 heterocycles. The Bertz CT molecular complexity index is 533. The van der Waals surface area contributed by atoms with Crippen LogP contribution in [-0.4, -0.2) is 11.4 Å². The fourth-order valence-corrected chi connectivity index (χ4v) is 2.91. The van der Waals surface area contributed by atoms with E-state index in [1.54, 1.807) is 0 Å². The summed E-state index contributed by atoms with van der Waals surface area (Å²) in [6.07, 6.45) is 7.37. The number of nitrogens with zero attached hydrogens (tertiary/aromatic N) is 1. The predicted octanol–water partition coefficient (Wildman–Crippen LogP) is 2.48. The van der Waals surface area contributed by atoms with Crippen LogP contribution in [-0.2, 0) is 6.42 Å². The number of rotatable bonds is 2. The van der Waals surface area contributed by atoms with Gasteiger partial charge in [-0.15, -0.1) is 0 Å². The summed E-state index contributed by atoms with van der Waals surface area (Å²) >= 11 is 0. The first kappa shape index (κ1) is 12.2. The highest BCUT2D eigenvalue weighted by Gasteiger charge is 2.33. The third-order valence-electron chi connectivity index (χ3n) is 3.93. The number of benzene rings is 1.